The molecule has 2 aromatic rings. The number of hydrogen-bond acceptors (Lipinski definition) is 3. The number of alkyl halides is 3. The van der Waals surface area contributed by atoms with E-state index in [4.69, 9.17) is 5.11 Å². The van der Waals surface area contributed by atoms with Crippen LogP contribution in [0.25, 0.3) is 10.9 Å². The number of carbonyl (C=O) groups is 1. The molecule has 5 nitrogen and oxygen atoms in total. The predicted molar refractivity (Wildman–Crippen MR) is 66.3 cm³/mol. The van der Waals surface area contributed by atoms with Crippen molar-refractivity contribution in [3.05, 3.63) is 38.9 Å². The number of carboxylic acids is 1. The SMILES string of the molecule is O=C(O)Cn1cc(Br)c2nc(C(F)(F)F)ccc2c1=O. The van der Waals surface area contributed by atoms with Crippen molar-refractivity contribution in [1.82, 2.24) is 9.55 Å². The molecule has 0 saturated heterocycles. The van der Waals surface area contributed by atoms with Crippen LogP contribution in [0.5, 0.6) is 0 Å². The number of halogens is 4. The van der Waals surface area contributed by atoms with Crippen LogP contribution in [0.15, 0.2) is 27.6 Å². The highest BCUT2D eigenvalue weighted by Gasteiger charge is 2.32. The molecule has 0 saturated carbocycles. The van der Waals surface area contributed by atoms with Crippen LogP contribution < -0.4 is 5.56 Å². The van der Waals surface area contributed by atoms with Gasteiger partial charge < -0.3 is 9.67 Å². The van der Waals surface area contributed by atoms with E-state index in [1.54, 1.807) is 0 Å². The molecule has 9 heteroatoms. The van der Waals surface area contributed by atoms with Gasteiger partial charge in [-0.05, 0) is 28.1 Å². The number of nitrogens with zero attached hydrogens (tertiary/aromatic N) is 2. The molecule has 0 unspecified atom stereocenters. The van der Waals surface area contributed by atoms with Gasteiger partial charge >= 0.3 is 12.1 Å². The highest BCUT2D eigenvalue weighted by atomic mass is 79.9. The van der Waals surface area contributed by atoms with E-state index in [2.05, 4.69) is 20.9 Å². The van der Waals surface area contributed by atoms with Gasteiger partial charge in [-0.1, -0.05) is 0 Å². The smallest absolute Gasteiger partial charge is 0.433 e. The Morgan fingerprint density at radius 3 is 2.60 bits per heavy atom. The first-order chi connectivity index (χ1) is 9.20. The standard InChI is InChI=1S/C11H6BrF3N2O3/c12-6-3-17(4-8(18)19)10(20)5-1-2-7(11(13,14)15)16-9(5)6/h1-3H,4H2,(H,18,19). The Balaban J connectivity index is 2.72. The van der Waals surface area contributed by atoms with E-state index >= 15 is 0 Å². The second kappa shape index (κ2) is 4.89. The van der Waals surface area contributed by atoms with Gasteiger partial charge in [0.25, 0.3) is 5.56 Å². The summed E-state index contributed by atoms with van der Waals surface area (Å²) in [6.45, 7) is -0.589. The molecule has 0 spiro atoms. The van der Waals surface area contributed by atoms with Crippen molar-refractivity contribution < 1.29 is 23.1 Å². The number of fused-ring (bicyclic) bond motifs is 1. The quantitative estimate of drug-likeness (QED) is 0.901. The normalized spacial score (nSPS) is 11.8. The molecule has 0 aliphatic heterocycles. The molecular weight excluding hydrogens is 345 g/mol. The fraction of sp³-hybridized carbons (Fsp3) is 0.182. The number of aromatic nitrogens is 2. The molecule has 0 atom stereocenters. The average molecular weight is 351 g/mol. The van der Waals surface area contributed by atoms with Crippen molar-refractivity contribution in [2.75, 3.05) is 0 Å². The Kier molecular flexibility index (Phi) is 3.55. The van der Waals surface area contributed by atoms with Crippen molar-refractivity contribution in [2.45, 2.75) is 12.7 Å². The minimum Gasteiger partial charge on any atom is -0.480 e. The fourth-order valence-corrected chi connectivity index (χ4v) is 2.20. The van der Waals surface area contributed by atoms with Crippen LogP contribution in [0.1, 0.15) is 5.69 Å². The largest absolute Gasteiger partial charge is 0.480 e. The number of pyridine rings is 2. The van der Waals surface area contributed by atoms with Gasteiger partial charge in [0, 0.05) is 6.20 Å². The second-order valence-electron chi connectivity index (χ2n) is 3.89. The van der Waals surface area contributed by atoms with Gasteiger partial charge in [0.05, 0.1) is 15.4 Å². The van der Waals surface area contributed by atoms with Gasteiger partial charge in [0.15, 0.2) is 0 Å². The lowest BCUT2D eigenvalue weighted by molar-refractivity contribution is -0.141. The second-order valence-corrected chi connectivity index (χ2v) is 4.75. The number of hydrogen-bond donors (Lipinski definition) is 1. The van der Waals surface area contributed by atoms with E-state index in [9.17, 15) is 22.8 Å². The van der Waals surface area contributed by atoms with E-state index < -0.39 is 29.9 Å². The Bertz CT molecular complexity index is 755. The first-order valence-electron chi connectivity index (χ1n) is 5.19. The summed E-state index contributed by atoms with van der Waals surface area (Å²) in [5, 5.41) is 8.58. The lowest BCUT2D eigenvalue weighted by Crippen LogP contribution is -2.24. The maximum atomic E-state index is 12.6. The zero-order chi connectivity index (χ0) is 15.1. The molecule has 0 aromatic carbocycles. The van der Waals surface area contributed by atoms with Crippen molar-refractivity contribution in [1.29, 1.82) is 0 Å². The van der Waals surface area contributed by atoms with Gasteiger partial charge in [-0.2, -0.15) is 13.2 Å². The van der Waals surface area contributed by atoms with Gasteiger partial charge in [-0.3, -0.25) is 9.59 Å². The third-order valence-corrected chi connectivity index (χ3v) is 3.06. The molecular formula is C11H6BrF3N2O3. The molecule has 0 radical (unpaired) electrons. The highest BCUT2D eigenvalue weighted by molar-refractivity contribution is 9.10. The van der Waals surface area contributed by atoms with E-state index in [0.29, 0.717) is 6.07 Å². The Morgan fingerprint density at radius 1 is 1.40 bits per heavy atom. The van der Waals surface area contributed by atoms with E-state index in [0.717, 1.165) is 16.8 Å². The van der Waals surface area contributed by atoms with Crippen LogP contribution in [-0.2, 0) is 17.5 Å². The maximum Gasteiger partial charge on any atom is 0.433 e. The molecule has 106 valence electrons. The van der Waals surface area contributed by atoms with Crippen LogP contribution in [0.4, 0.5) is 13.2 Å². The fourth-order valence-electron chi connectivity index (χ4n) is 1.65. The van der Waals surface area contributed by atoms with Gasteiger partial charge in [-0.25, -0.2) is 4.98 Å². The summed E-state index contributed by atoms with van der Waals surface area (Å²) in [7, 11) is 0. The zero-order valence-electron chi connectivity index (χ0n) is 9.61. The molecule has 20 heavy (non-hydrogen) atoms. The maximum absolute atomic E-state index is 12.6. The topological polar surface area (TPSA) is 72.2 Å². The molecule has 0 aliphatic carbocycles. The third kappa shape index (κ3) is 2.67. The molecule has 2 heterocycles. The van der Waals surface area contributed by atoms with Crippen LogP contribution >= 0.6 is 15.9 Å². The molecule has 0 aliphatic rings. The summed E-state index contributed by atoms with van der Waals surface area (Å²) in [5.41, 5.74) is -2.00. The summed E-state index contributed by atoms with van der Waals surface area (Å²) in [6.07, 6.45) is -3.52. The number of aliphatic carboxylic acids is 1. The zero-order valence-corrected chi connectivity index (χ0v) is 11.2. The van der Waals surface area contributed by atoms with Gasteiger partial charge in [0.1, 0.15) is 12.2 Å². The van der Waals surface area contributed by atoms with Crippen molar-refractivity contribution in [3.8, 4) is 0 Å². The summed E-state index contributed by atoms with van der Waals surface area (Å²) >= 11 is 2.99. The lowest BCUT2D eigenvalue weighted by Gasteiger charge is -2.09. The van der Waals surface area contributed by atoms with Crippen molar-refractivity contribution in [2.24, 2.45) is 0 Å². The minimum atomic E-state index is -4.62. The van der Waals surface area contributed by atoms with Crippen molar-refractivity contribution >= 4 is 32.8 Å². The lowest BCUT2D eigenvalue weighted by atomic mass is 10.2. The Morgan fingerprint density at radius 2 is 2.05 bits per heavy atom. The first kappa shape index (κ1) is 14.5. The molecule has 2 rings (SSSR count). The van der Waals surface area contributed by atoms with Crippen LogP contribution in [0.3, 0.4) is 0 Å². The third-order valence-electron chi connectivity index (χ3n) is 2.48. The molecule has 2 aromatic heterocycles. The molecule has 0 bridgehead atoms. The predicted octanol–water partition coefficient (Wildman–Crippen LogP) is 2.26. The van der Waals surface area contributed by atoms with E-state index in [-0.39, 0.29) is 15.4 Å². The van der Waals surface area contributed by atoms with Crippen LogP contribution in [-0.4, -0.2) is 20.6 Å². The molecule has 0 amide bonds. The summed E-state index contributed by atoms with van der Waals surface area (Å²) < 4.78 is 38.7. The Labute approximate surface area is 117 Å². The van der Waals surface area contributed by atoms with E-state index in [1.165, 1.54) is 0 Å². The Hall–Kier alpha value is -1.90. The molecule has 1 N–H and O–H groups in total. The average Bonchev–Trinajstić information content (AvgIpc) is 2.33. The van der Waals surface area contributed by atoms with Crippen LogP contribution in [0.2, 0.25) is 0 Å². The number of carboxylic acid groups (broad SMARTS) is 1. The number of rotatable bonds is 2. The van der Waals surface area contributed by atoms with Crippen molar-refractivity contribution in [3.63, 3.8) is 0 Å². The van der Waals surface area contributed by atoms with E-state index in [1.807, 2.05) is 0 Å². The summed E-state index contributed by atoms with van der Waals surface area (Å²) in [4.78, 5) is 25.9. The molecule has 0 fully saturated rings. The highest BCUT2D eigenvalue weighted by Crippen LogP contribution is 2.30. The van der Waals surface area contributed by atoms with Crippen LogP contribution in [0, 0.1) is 0 Å². The summed E-state index contributed by atoms with van der Waals surface area (Å²) in [6, 6.07) is 1.66. The monoisotopic (exact) mass is 350 g/mol. The minimum absolute atomic E-state index is 0.0892. The first-order valence-corrected chi connectivity index (χ1v) is 5.98. The van der Waals surface area contributed by atoms with Gasteiger partial charge in [0.2, 0.25) is 0 Å². The van der Waals surface area contributed by atoms with Gasteiger partial charge in [-0.15, -0.1) is 0 Å². The summed E-state index contributed by atoms with van der Waals surface area (Å²) in [5.74, 6) is -1.24.